The highest BCUT2D eigenvalue weighted by atomic mass is 127. The molecule has 10 heteroatoms. The quantitative estimate of drug-likeness (QED) is 0.304. The Morgan fingerprint density at radius 1 is 1.10 bits per heavy atom. The van der Waals surface area contributed by atoms with Gasteiger partial charge in [-0.1, -0.05) is 41.7 Å². The Hall–Kier alpha value is -3.90. The van der Waals surface area contributed by atoms with Gasteiger partial charge in [0.2, 0.25) is 0 Å². The summed E-state index contributed by atoms with van der Waals surface area (Å²) >= 11 is 3.25. The zero-order valence-corrected chi connectivity index (χ0v) is 24.2. The Bertz CT molecular complexity index is 1790. The summed E-state index contributed by atoms with van der Waals surface area (Å²) in [5.41, 5.74) is 2.65. The first-order valence-corrected chi connectivity index (χ1v) is 13.8. The van der Waals surface area contributed by atoms with Crippen molar-refractivity contribution in [2.24, 2.45) is 4.99 Å². The van der Waals surface area contributed by atoms with Gasteiger partial charge in [-0.25, -0.2) is 4.99 Å². The summed E-state index contributed by atoms with van der Waals surface area (Å²) in [7, 11) is 3.05. The molecule has 5 rings (SSSR count). The number of allylic oxidation sites excluding steroid dienone is 1. The molecule has 1 aliphatic rings. The maximum Gasteiger partial charge on any atom is 0.271 e. The van der Waals surface area contributed by atoms with Crippen molar-refractivity contribution in [2.45, 2.75) is 13.0 Å². The molecule has 0 saturated carbocycles. The number of ether oxygens (including phenoxy) is 2. The summed E-state index contributed by atoms with van der Waals surface area (Å²) in [6.07, 6.45) is 1.74. The largest absolute Gasteiger partial charge is 0.504 e. The van der Waals surface area contributed by atoms with Gasteiger partial charge in [-0.15, -0.1) is 0 Å². The van der Waals surface area contributed by atoms with Gasteiger partial charge < -0.3 is 19.9 Å². The Balaban J connectivity index is 1.69. The number of para-hydroxylation sites is 1. The van der Waals surface area contributed by atoms with Gasteiger partial charge in [0.1, 0.15) is 5.75 Å². The number of phenolic OH excluding ortho intramolecular Hbond substituents is 1. The molecule has 0 aliphatic carbocycles. The highest BCUT2D eigenvalue weighted by Gasteiger charge is 2.32. The van der Waals surface area contributed by atoms with E-state index in [4.69, 9.17) is 9.47 Å². The molecule has 2 N–H and O–H groups in total. The van der Waals surface area contributed by atoms with Crippen LogP contribution in [0.25, 0.3) is 6.08 Å². The highest BCUT2D eigenvalue weighted by molar-refractivity contribution is 14.1. The van der Waals surface area contributed by atoms with Gasteiger partial charge in [0, 0.05) is 5.69 Å². The van der Waals surface area contributed by atoms with E-state index in [1.54, 1.807) is 48.9 Å². The van der Waals surface area contributed by atoms with E-state index < -0.39 is 6.04 Å². The van der Waals surface area contributed by atoms with E-state index in [1.807, 2.05) is 65.1 Å². The molecule has 0 saturated heterocycles. The Morgan fingerprint density at radius 2 is 1.87 bits per heavy atom. The molecule has 0 fully saturated rings. The van der Waals surface area contributed by atoms with Crippen molar-refractivity contribution in [3.63, 3.8) is 0 Å². The maximum atomic E-state index is 13.9. The number of nitrogens with one attached hydrogen (secondary N) is 1. The van der Waals surface area contributed by atoms with Gasteiger partial charge in [-0.3, -0.25) is 14.2 Å². The molecule has 0 bridgehead atoms. The van der Waals surface area contributed by atoms with E-state index in [9.17, 15) is 14.7 Å². The lowest BCUT2D eigenvalue weighted by molar-refractivity contribution is -0.113. The second-order valence-corrected chi connectivity index (χ2v) is 10.9. The highest BCUT2D eigenvalue weighted by Crippen LogP contribution is 2.34. The average Bonchev–Trinajstić information content (AvgIpc) is 3.24. The molecule has 0 radical (unpaired) electrons. The predicted octanol–water partition coefficient (Wildman–Crippen LogP) is 4.20. The van der Waals surface area contributed by atoms with Crippen LogP contribution in [0.5, 0.6) is 17.2 Å². The number of nitrogens with zero attached hydrogens (tertiary/aromatic N) is 2. The van der Waals surface area contributed by atoms with Crippen LogP contribution in [0.15, 0.2) is 87.8 Å². The van der Waals surface area contributed by atoms with Crippen LogP contribution in [0.2, 0.25) is 0 Å². The minimum atomic E-state index is -0.725. The predicted molar refractivity (Wildman–Crippen MR) is 159 cm³/mol. The lowest BCUT2D eigenvalue weighted by Crippen LogP contribution is -2.40. The van der Waals surface area contributed by atoms with Crippen LogP contribution in [0.3, 0.4) is 0 Å². The summed E-state index contributed by atoms with van der Waals surface area (Å²) in [6.45, 7) is 1.78. The van der Waals surface area contributed by atoms with Gasteiger partial charge >= 0.3 is 0 Å². The smallest absolute Gasteiger partial charge is 0.271 e. The molecule has 1 amide bonds. The van der Waals surface area contributed by atoms with E-state index in [1.165, 1.54) is 18.4 Å². The van der Waals surface area contributed by atoms with E-state index in [0.29, 0.717) is 46.9 Å². The number of anilines is 1. The monoisotopic (exact) mass is 653 g/mol. The number of benzene rings is 3. The number of carbonyl (C=O) groups excluding carboxylic acids is 1. The first-order valence-electron chi connectivity index (χ1n) is 11.9. The lowest BCUT2D eigenvalue weighted by atomic mass is 9.95. The van der Waals surface area contributed by atoms with Gasteiger partial charge in [-0.05, 0) is 83.1 Å². The van der Waals surface area contributed by atoms with Crippen molar-refractivity contribution in [1.82, 2.24) is 4.57 Å². The van der Waals surface area contributed by atoms with Crippen LogP contribution in [0.4, 0.5) is 5.69 Å². The van der Waals surface area contributed by atoms with Crippen molar-refractivity contribution in [1.29, 1.82) is 0 Å². The van der Waals surface area contributed by atoms with Crippen LogP contribution >= 0.6 is 33.9 Å². The molecule has 4 aromatic rings. The third-order valence-corrected chi connectivity index (χ3v) is 8.08. The second-order valence-electron chi connectivity index (χ2n) is 8.73. The standard InChI is InChI=1S/C29H24IN3O5S/c1-16-24(27(35)32-19-9-5-4-6-10-19)25(18-8-7-11-20(15-18)37-2)33-28(36)23(39-29(33)31-16)14-17-12-21(30)26(34)22(13-17)38-3/h4-15,25,34H,1-3H3,(H,32,35)/b23-14-/t25-/m1/s1. The Morgan fingerprint density at radius 3 is 2.59 bits per heavy atom. The van der Waals surface area contributed by atoms with E-state index >= 15 is 0 Å². The number of aromatic nitrogens is 1. The molecule has 198 valence electrons. The first-order chi connectivity index (χ1) is 18.8. The van der Waals surface area contributed by atoms with Crippen LogP contribution in [-0.2, 0) is 4.79 Å². The molecule has 2 heterocycles. The molecule has 0 unspecified atom stereocenters. The van der Waals surface area contributed by atoms with Crippen molar-refractivity contribution in [2.75, 3.05) is 19.5 Å². The Labute approximate surface area is 241 Å². The van der Waals surface area contributed by atoms with Gasteiger partial charge in [0.25, 0.3) is 11.5 Å². The average molecular weight is 653 g/mol. The number of hydrogen-bond acceptors (Lipinski definition) is 7. The van der Waals surface area contributed by atoms with Crippen molar-refractivity contribution in [3.05, 3.63) is 112 Å². The first kappa shape index (κ1) is 26.7. The zero-order chi connectivity index (χ0) is 27.7. The molecule has 8 nitrogen and oxygen atoms in total. The molecule has 39 heavy (non-hydrogen) atoms. The fourth-order valence-electron chi connectivity index (χ4n) is 4.44. The minimum Gasteiger partial charge on any atom is -0.504 e. The number of aromatic hydroxyl groups is 1. The fraction of sp³-hybridized carbons (Fsp3) is 0.138. The molecule has 1 aromatic heterocycles. The molecular weight excluding hydrogens is 629 g/mol. The van der Waals surface area contributed by atoms with Crippen LogP contribution in [-0.4, -0.2) is 29.8 Å². The fourth-order valence-corrected chi connectivity index (χ4v) is 6.11. The normalized spacial score (nSPS) is 15.0. The van der Waals surface area contributed by atoms with Crippen LogP contribution < -0.4 is 29.7 Å². The number of fused-ring (bicyclic) bond motifs is 1. The third-order valence-electron chi connectivity index (χ3n) is 6.28. The molecule has 1 atom stereocenters. The van der Waals surface area contributed by atoms with Gasteiger partial charge in [0.15, 0.2) is 16.3 Å². The summed E-state index contributed by atoms with van der Waals surface area (Å²) in [6, 6.07) is 19.2. The number of rotatable bonds is 6. The van der Waals surface area contributed by atoms with Crippen molar-refractivity contribution >= 4 is 51.6 Å². The Kier molecular flexibility index (Phi) is 7.58. The van der Waals surface area contributed by atoms with Crippen molar-refractivity contribution < 1.29 is 19.4 Å². The lowest BCUT2D eigenvalue weighted by Gasteiger charge is -2.25. The topological polar surface area (TPSA) is 102 Å². The summed E-state index contributed by atoms with van der Waals surface area (Å²) in [5.74, 6) is 0.616. The summed E-state index contributed by atoms with van der Waals surface area (Å²) < 4.78 is 13.3. The number of carbonyl (C=O) groups is 1. The number of thiazole rings is 1. The van der Waals surface area contributed by atoms with E-state index in [0.717, 1.165) is 5.56 Å². The number of methoxy groups -OCH3 is 2. The third kappa shape index (κ3) is 5.21. The minimum absolute atomic E-state index is 0.0411. The zero-order valence-electron chi connectivity index (χ0n) is 21.3. The number of phenols is 1. The maximum absolute atomic E-state index is 13.9. The molecule has 3 aromatic carbocycles. The number of halogens is 1. The number of hydrogen-bond donors (Lipinski definition) is 2. The molecule has 1 aliphatic heterocycles. The van der Waals surface area contributed by atoms with E-state index in [-0.39, 0.29) is 17.2 Å². The SMILES string of the molecule is COc1cccc([C@@H]2C(C(=O)Nc3ccccc3)=C(C)N=c3s/c(=C\c4cc(I)c(O)c(OC)c4)c(=O)n32)c1. The van der Waals surface area contributed by atoms with Crippen LogP contribution in [0, 0.1) is 3.57 Å². The second kappa shape index (κ2) is 11.1. The molecule has 0 spiro atoms. The van der Waals surface area contributed by atoms with E-state index in [2.05, 4.69) is 10.3 Å². The van der Waals surface area contributed by atoms with Crippen LogP contribution in [0.1, 0.15) is 24.1 Å². The summed E-state index contributed by atoms with van der Waals surface area (Å²) in [5, 5.41) is 13.2. The van der Waals surface area contributed by atoms with Gasteiger partial charge in [0.05, 0.1) is 39.6 Å². The molecular formula is C29H24IN3O5S. The van der Waals surface area contributed by atoms with Crippen molar-refractivity contribution in [3.8, 4) is 17.2 Å². The summed E-state index contributed by atoms with van der Waals surface area (Å²) in [4.78, 5) is 32.7. The number of amides is 1. The van der Waals surface area contributed by atoms with Gasteiger partial charge in [-0.2, -0.15) is 0 Å².